The molecule has 3 nitrogen and oxygen atoms in total. The second-order valence-corrected chi connectivity index (χ2v) is 5.82. The average Bonchev–Trinajstić information content (AvgIpc) is 2.37. The van der Waals surface area contributed by atoms with Gasteiger partial charge in [0, 0.05) is 12.3 Å². The largest absolute Gasteiger partial charge is 0.467 e. The van der Waals surface area contributed by atoms with E-state index in [0.29, 0.717) is 5.76 Å². The summed E-state index contributed by atoms with van der Waals surface area (Å²) < 4.78 is 11.5. The van der Waals surface area contributed by atoms with Crippen molar-refractivity contribution in [2.45, 2.75) is 45.0 Å². The summed E-state index contributed by atoms with van der Waals surface area (Å²) in [5.41, 5.74) is 0.961. The van der Waals surface area contributed by atoms with Gasteiger partial charge in [-0.2, -0.15) is 0 Å². The standard InChI is InChI=1S/C16H22O3/c1-16(2,3)19-15-10-13(9-14(11-17)18-15)12-7-5-4-6-8-12/h4-9,13,15,17H,10-11H2,1-3H3/t13-,15-/m1/s1. The Labute approximate surface area is 114 Å². The maximum absolute atomic E-state index is 9.32. The zero-order chi connectivity index (χ0) is 13.9. The van der Waals surface area contributed by atoms with Crippen molar-refractivity contribution in [2.75, 3.05) is 6.61 Å². The molecular formula is C16H22O3. The summed E-state index contributed by atoms with van der Waals surface area (Å²) in [6.07, 6.45) is 2.44. The van der Waals surface area contributed by atoms with Gasteiger partial charge < -0.3 is 14.6 Å². The normalized spacial score (nSPS) is 23.7. The van der Waals surface area contributed by atoms with Gasteiger partial charge in [-0.25, -0.2) is 0 Å². The maximum atomic E-state index is 9.32. The van der Waals surface area contributed by atoms with Gasteiger partial charge in [0.05, 0.1) is 5.60 Å². The minimum absolute atomic E-state index is 0.0899. The number of aliphatic hydroxyl groups is 1. The maximum Gasteiger partial charge on any atom is 0.200 e. The minimum atomic E-state index is -0.308. The van der Waals surface area contributed by atoms with Crippen LogP contribution in [0.15, 0.2) is 42.2 Å². The Balaban J connectivity index is 2.16. The number of hydrogen-bond donors (Lipinski definition) is 1. The molecule has 2 rings (SSSR count). The van der Waals surface area contributed by atoms with Gasteiger partial charge in [-0.15, -0.1) is 0 Å². The van der Waals surface area contributed by atoms with E-state index in [9.17, 15) is 5.11 Å². The molecular weight excluding hydrogens is 240 g/mol. The quantitative estimate of drug-likeness (QED) is 0.909. The number of ether oxygens (including phenoxy) is 2. The van der Waals surface area contributed by atoms with E-state index in [4.69, 9.17) is 9.47 Å². The third-order valence-electron chi connectivity index (χ3n) is 2.98. The van der Waals surface area contributed by atoms with Crippen molar-refractivity contribution in [2.24, 2.45) is 0 Å². The van der Waals surface area contributed by atoms with Gasteiger partial charge in [0.2, 0.25) is 6.29 Å². The fourth-order valence-corrected chi connectivity index (χ4v) is 2.25. The zero-order valence-electron chi connectivity index (χ0n) is 11.8. The van der Waals surface area contributed by atoms with Gasteiger partial charge in [-0.05, 0) is 32.4 Å². The van der Waals surface area contributed by atoms with Crippen LogP contribution in [0.25, 0.3) is 0 Å². The van der Waals surface area contributed by atoms with E-state index in [1.165, 1.54) is 5.56 Å². The first-order valence-electron chi connectivity index (χ1n) is 6.69. The molecule has 0 fully saturated rings. The van der Waals surface area contributed by atoms with Crippen LogP contribution in [0.2, 0.25) is 0 Å². The summed E-state index contributed by atoms with van der Waals surface area (Å²) >= 11 is 0. The molecule has 0 bridgehead atoms. The molecule has 3 heteroatoms. The Morgan fingerprint density at radius 2 is 1.95 bits per heavy atom. The van der Waals surface area contributed by atoms with Crippen molar-refractivity contribution in [1.82, 2.24) is 0 Å². The molecule has 0 amide bonds. The van der Waals surface area contributed by atoms with Crippen LogP contribution >= 0.6 is 0 Å². The Morgan fingerprint density at radius 3 is 2.53 bits per heavy atom. The molecule has 1 aromatic carbocycles. The molecule has 1 aromatic rings. The van der Waals surface area contributed by atoms with E-state index in [1.54, 1.807) is 0 Å². The highest BCUT2D eigenvalue weighted by Crippen LogP contribution is 2.32. The molecule has 1 N–H and O–H groups in total. The van der Waals surface area contributed by atoms with Crippen molar-refractivity contribution in [3.63, 3.8) is 0 Å². The number of rotatable bonds is 3. The van der Waals surface area contributed by atoms with Gasteiger partial charge in [0.1, 0.15) is 12.4 Å². The highest BCUT2D eigenvalue weighted by molar-refractivity contribution is 5.25. The zero-order valence-corrected chi connectivity index (χ0v) is 11.8. The first kappa shape index (κ1) is 14.1. The highest BCUT2D eigenvalue weighted by Gasteiger charge is 2.28. The average molecular weight is 262 g/mol. The summed E-state index contributed by atoms with van der Waals surface area (Å²) in [5, 5.41) is 9.32. The van der Waals surface area contributed by atoms with E-state index in [-0.39, 0.29) is 24.4 Å². The van der Waals surface area contributed by atoms with Crippen LogP contribution in [0.1, 0.15) is 38.7 Å². The molecule has 0 aromatic heterocycles. The molecule has 0 radical (unpaired) electrons. The van der Waals surface area contributed by atoms with Crippen LogP contribution in [-0.2, 0) is 9.47 Å². The lowest BCUT2D eigenvalue weighted by molar-refractivity contribution is -0.188. The lowest BCUT2D eigenvalue weighted by Crippen LogP contribution is -2.33. The molecule has 0 unspecified atom stereocenters. The molecule has 0 saturated heterocycles. The lowest BCUT2D eigenvalue weighted by atomic mass is 9.93. The summed E-state index contributed by atoms with van der Waals surface area (Å²) in [7, 11) is 0. The molecule has 1 aliphatic rings. The minimum Gasteiger partial charge on any atom is -0.467 e. The van der Waals surface area contributed by atoms with Crippen LogP contribution < -0.4 is 0 Å². The molecule has 1 aliphatic heterocycles. The van der Waals surface area contributed by atoms with Gasteiger partial charge >= 0.3 is 0 Å². The first-order valence-corrected chi connectivity index (χ1v) is 6.69. The van der Waals surface area contributed by atoms with Crippen molar-refractivity contribution >= 4 is 0 Å². The Morgan fingerprint density at radius 1 is 1.26 bits per heavy atom. The van der Waals surface area contributed by atoms with Gasteiger partial charge in [-0.1, -0.05) is 30.3 Å². The predicted octanol–water partition coefficient (Wildman–Crippen LogP) is 3.21. The molecule has 104 valence electrons. The Hall–Kier alpha value is -1.32. The van der Waals surface area contributed by atoms with Crippen molar-refractivity contribution < 1.29 is 14.6 Å². The van der Waals surface area contributed by atoms with E-state index in [1.807, 2.05) is 45.0 Å². The third-order valence-corrected chi connectivity index (χ3v) is 2.98. The van der Waals surface area contributed by atoms with E-state index in [0.717, 1.165) is 6.42 Å². The van der Waals surface area contributed by atoms with E-state index < -0.39 is 0 Å². The first-order chi connectivity index (χ1) is 8.98. The summed E-state index contributed by atoms with van der Waals surface area (Å²) in [5.74, 6) is 0.818. The van der Waals surface area contributed by atoms with Crippen LogP contribution in [0, 0.1) is 0 Å². The second kappa shape index (κ2) is 5.76. The van der Waals surface area contributed by atoms with Gasteiger partial charge in [0.15, 0.2) is 0 Å². The Kier molecular flexibility index (Phi) is 4.27. The van der Waals surface area contributed by atoms with Crippen LogP contribution in [0.4, 0.5) is 0 Å². The second-order valence-electron chi connectivity index (χ2n) is 5.82. The van der Waals surface area contributed by atoms with Crippen molar-refractivity contribution in [3.05, 3.63) is 47.7 Å². The van der Waals surface area contributed by atoms with Crippen LogP contribution in [0.5, 0.6) is 0 Å². The van der Waals surface area contributed by atoms with Crippen LogP contribution in [-0.4, -0.2) is 23.6 Å². The molecule has 0 aliphatic carbocycles. The Bertz CT molecular complexity index is 431. The fraction of sp³-hybridized carbons (Fsp3) is 0.500. The number of allylic oxidation sites excluding steroid dienone is 1. The smallest absolute Gasteiger partial charge is 0.200 e. The monoisotopic (exact) mass is 262 g/mol. The van der Waals surface area contributed by atoms with Crippen LogP contribution in [0.3, 0.4) is 0 Å². The summed E-state index contributed by atoms with van der Waals surface area (Å²) in [6.45, 7) is 5.92. The predicted molar refractivity (Wildman–Crippen MR) is 74.7 cm³/mol. The van der Waals surface area contributed by atoms with Gasteiger partial charge in [-0.3, -0.25) is 0 Å². The summed E-state index contributed by atoms with van der Waals surface area (Å²) in [6, 6.07) is 10.2. The lowest BCUT2D eigenvalue weighted by Gasteiger charge is -2.33. The SMILES string of the molecule is CC(C)(C)O[C@@H]1C[C@H](c2ccccc2)C=C(CO)O1. The van der Waals surface area contributed by atoms with E-state index >= 15 is 0 Å². The molecule has 0 saturated carbocycles. The molecule has 0 spiro atoms. The van der Waals surface area contributed by atoms with Gasteiger partial charge in [0.25, 0.3) is 0 Å². The number of aliphatic hydroxyl groups excluding tert-OH is 1. The van der Waals surface area contributed by atoms with E-state index in [2.05, 4.69) is 12.1 Å². The molecule has 2 atom stereocenters. The topological polar surface area (TPSA) is 38.7 Å². The highest BCUT2D eigenvalue weighted by atomic mass is 16.7. The molecule has 19 heavy (non-hydrogen) atoms. The van der Waals surface area contributed by atoms with Crippen molar-refractivity contribution in [3.8, 4) is 0 Å². The third kappa shape index (κ3) is 4.08. The summed E-state index contributed by atoms with van der Waals surface area (Å²) in [4.78, 5) is 0. The number of hydrogen-bond acceptors (Lipinski definition) is 3. The molecule has 1 heterocycles. The number of benzene rings is 1. The fourth-order valence-electron chi connectivity index (χ4n) is 2.25. The van der Waals surface area contributed by atoms with Crippen molar-refractivity contribution in [1.29, 1.82) is 0 Å².